The molecule has 0 aliphatic heterocycles. The lowest BCUT2D eigenvalue weighted by Gasteiger charge is -2.01. The fourth-order valence-electron chi connectivity index (χ4n) is 2.28. The zero-order valence-corrected chi connectivity index (χ0v) is 18.0. The Kier molecular flexibility index (Phi) is 11.8. The summed E-state index contributed by atoms with van der Waals surface area (Å²) in [6.07, 6.45) is 11.1. The SMILES string of the molecule is O=C(CCSCCC(=O)N/N=C/C=C\c1ccccc1)N/N=C\C=C\c1ccccc1. The average Bonchev–Trinajstić information content (AvgIpc) is 2.80. The topological polar surface area (TPSA) is 82.9 Å². The van der Waals surface area contributed by atoms with Crippen molar-refractivity contribution in [3.63, 3.8) is 0 Å². The lowest BCUT2D eigenvalue weighted by molar-refractivity contribution is -0.121. The van der Waals surface area contributed by atoms with E-state index in [9.17, 15) is 9.59 Å². The second-order valence-electron chi connectivity index (χ2n) is 6.28. The summed E-state index contributed by atoms with van der Waals surface area (Å²) in [5.74, 6) is 0.932. The van der Waals surface area contributed by atoms with Crippen LogP contribution in [0.5, 0.6) is 0 Å². The van der Waals surface area contributed by atoms with Crippen LogP contribution in [-0.2, 0) is 9.59 Å². The van der Waals surface area contributed by atoms with Gasteiger partial charge in [0.15, 0.2) is 0 Å². The number of carbonyl (C=O) groups is 2. The first-order valence-corrected chi connectivity index (χ1v) is 11.0. The van der Waals surface area contributed by atoms with Crippen molar-refractivity contribution in [2.45, 2.75) is 12.8 Å². The third kappa shape index (κ3) is 12.0. The molecule has 160 valence electrons. The van der Waals surface area contributed by atoms with E-state index in [1.54, 1.807) is 12.2 Å². The van der Waals surface area contributed by atoms with Crippen LogP contribution in [0.2, 0.25) is 0 Å². The normalized spacial score (nSPS) is 11.6. The highest BCUT2D eigenvalue weighted by Crippen LogP contribution is 2.04. The second-order valence-corrected chi connectivity index (χ2v) is 7.50. The number of hydrogen-bond donors (Lipinski definition) is 2. The number of hydrazone groups is 2. The molecule has 2 amide bonds. The molecular weight excluding hydrogens is 408 g/mol. The maximum atomic E-state index is 11.7. The number of nitrogens with zero attached hydrogens (tertiary/aromatic N) is 2. The van der Waals surface area contributed by atoms with Crippen LogP contribution in [0.15, 0.2) is 83.0 Å². The standard InChI is InChI=1S/C24H26N4O2S/c29-23(27-25-17-7-13-21-9-3-1-4-10-21)15-19-31-20-16-24(30)28-26-18-8-14-22-11-5-2-6-12-22/h1-14,17-18H,15-16,19-20H2,(H,27,29)(H,28,30)/b13-7-,14-8+,25-17+,26-18-. The molecule has 2 aromatic carbocycles. The number of allylic oxidation sites excluding steroid dienone is 2. The average molecular weight is 435 g/mol. The Bertz CT molecular complexity index is 834. The summed E-state index contributed by atoms with van der Waals surface area (Å²) in [7, 11) is 0. The summed E-state index contributed by atoms with van der Waals surface area (Å²) in [6, 6.07) is 19.7. The number of rotatable bonds is 12. The third-order valence-electron chi connectivity index (χ3n) is 3.82. The van der Waals surface area contributed by atoms with Gasteiger partial charge in [-0.25, -0.2) is 10.9 Å². The van der Waals surface area contributed by atoms with Crippen LogP contribution in [0.1, 0.15) is 24.0 Å². The van der Waals surface area contributed by atoms with Crippen LogP contribution in [0.3, 0.4) is 0 Å². The Morgan fingerprint density at radius 2 is 1.13 bits per heavy atom. The minimum atomic E-state index is -0.156. The number of amides is 2. The molecule has 0 spiro atoms. The van der Waals surface area contributed by atoms with Gasteiger partial charge in [-0.3, -0.25) is 9.59 Å². The van der Waals surface area contributed by atoms with E-state index >= 15 is 0 Å². The number of benzene rings is 2. The van der Waals surface area contributed by atoms with Crippen molar-refractivity contribution < 1.29 is 9.59 Å². The van der Waals surface area contributed by atoms with Crippen molar-refractivity contribution in [1.29, 1.82) is 0 Å². The summed E-state index contributed by atoms with van der Waals surface area (Å²) in [6.45, 7) is 0. The quantitative estimate of drug-likeness (QED) is 0.299. The molecule has 31 heavy (non-hydrogen) atoms. The zero-order valence-electron chi connectivity index (χ0n) is 17.2. The van der Waals surface area contributed by atoms with E-state index in [-0.39, 0.29) is 11.8 Å². The maximum Gasteiger partial charge on any atom is 0.240 e. The van der Waals surface area contributed by atoms with Crippen LogP contribution in [-0.4, -0.2) is 35.7 Å². The molecule has 0 bridgehead atoms. The van der Waals surface area contributed by atoms with Gasteiger partial charge in [0.2, 0.25) is 11.8 Å². The zero-order chi connectivity index (χ0) is 22.0. The van der Waals surface area contributed by atoms with Gasteiger partial charge in [0.25, 0.3) is 0 Å². The van der Waals surface area contributed by atoms with Gasteiger partial charge in [0.05, 0.1) is 0 Å². The molecule has 2 N–H and O–H groups in total. The van der Waals surface area contributed by atoms with Gasteiger partial charge in [-0.1, -0.05) is 72.8 Å². The predicted molar refractivity (Wildman–Crippen MR) is 131 cm³/mol. The van der Waals surface area contributed by atoms with Gasteiger partial charge in [0.1, 0.15) is 0 Å². The Morgan fingerprint density at radius 1 is 0.710 bits per heavy atom. The van der Waals surface area contributed by atoms with Crippen LogP contribution in [0.25, 0.3) is 12.2 Å². The second kappa shape index (κ2) is 15.4. The molecule has 7 heteroatoms. The van der Waals surface area contributed by atoms with Gasteiger partial charge in [-0.2, -0.15) is 22.0 Å². The van der Waals surface area contributed by atoms with Gasteiger partial charge in [0, 0.05) is 36.8 Å². The number of thioether (sulfide) groups is 1. The molecular formula is C24H26N4O2S. The highest BCUT2D eigenvalue weighted by molar-refractivity contribution is 7.99. The molecule has 0 radical (unpaired) electrons. The molecule has 0 heterocycles. The molecule has 0 fully saturated rings. The van der Waals surface area contributed by atoms with Crippen molar-refractivity contribution >= 4 is 48.2 Å². The van der Waals surface area contributed by atoms with E-state index in [1.165, 1.54) is 24.2 Å². The fourth-order valence-corrected chi connectivity index (χ4v) is 3.15. The van der Waals surface area contributed by atoms with Crippen molar-refractivity contribution in [2.75, 3.05) is 11.5 Å². The van der Waals surface area contributed by atoms with Gasteiger partial charge >= 0.3 is 0 Å². The molecule has 0 atom stereocenters. The summed E-state index contributed by atoms with van der Waals surface area (Å²) in [4.78, 5) is 23.4. The summed E-state index contributed by atoms with van der Waals surface area (Å²) in [5.41, 5.74) is 7.09. The van der Waals surface area contributed by atoms with E-state index in [1.807, 2.05) is 72.8 Å². The number of nitrogens with one attached hydrogen (secondary N) is 2. The Balaban J connectivity index is 1.48. The molecule has 2 aromatic rings. The van der Waals surface area contributed by atoms with Crippen molar-refractivity contribution in [2.24, 2.45) is 10.2 Å². The van der Waals surface area contributed by atoms with E-state index in [0.717, 1.165) is 11.1 Å². The van der Waals surface area contributed by atoms with Crippen molar-refractivity contribution in [1.82, 2.24) is 10.9 Å². The summed E-state index contributed by atoms with van der Waals surface area (Å²) < 4.78 is 0. The summed E-state index contributed by atoms with van der Waals surface area (Å²) >= 11 is 1.54. The minimum Gasteiger partial charge on any atom is -0.273 e. The molecule has 0 aliphatic rings. The molecule has 2 rings (SSSR count). The maximum absolute atomic E-state index is 11.7. The highest BCUT2D eigenvalue weighted by atomic mass is 32.2. The van der Waals surface area contributed by atoms with Crippen molar-refractivity contribution in [3.8, 4) is 0 Å². The monoisotopic (exact) mass is 434 g/mol. The van der Waals surface area contributed by atoms with E-state index < -0.39 is 0 Å². The third-order valence-corrected chi connectivity index (χ3v) is 4.81. The van der Waals surface area contributed by atoms with E-state index in [2.05, 4.69) is 21.1 Å². The molecule has 0 aromatic heterocycles. The summed E-state index contributed by atoms with van der Waals surface area (Å²) in [5, 5.41) is 7.75. The Morgan fingerprint density at radius 3 is 1.55 bits per heavy atom. The van der Waals surface area contributed by atoms with Crippen LogP contribution >= 0.6 is 11.8 Å². The lowest BCUT2D eigenvalue weighted by atomic mass is 10.2. The van der Waals surface area contributed by atoms with Crippen molar-refractivity contribution in [3.05, 3.63) is 83.9 Å². The first kappa shape index (κ1) is 23.8. The van der Waals surface area contributed by atoms with E-state index in [0.29, 0.717) is 24.3 Å². The van der Waals surface area contributed by atoms with Gasteiger partial charge in [-0.15, -0.1) is 0 Å². The highest BCUT2D eigenvalue weighted by Gasteiger charge is 2.02. The smallest absolute Gasteiger partial charge is 0.240 e. The number of hydrogen-bond acceptors (Lipinski definition) is 5. The van der Waals surface area contributed by atoms with Crippen LogP contribution < -0.4 is 10.9 Å². The van der Waals surface area contributed by atoms with E-state index in [4.69, 9.17) is 0 Å². The minimum absolute atomic E-state index is 0.156. The largest absolute Gasteiger partial charge is 0.273 e. The van der Waals surface area contributed by atoms with Crippen LogP contribution in [0.4, 0.5) is 0 Å². The first-order valence-electron chi connectivity index (χ1n) is 9.89. The molecule has 6 nitrogen and oxygen atoms in total. The van der Waals surface area contributed by atoms with Gasteiger partial charge in [-0.05, 0) is 23.3 Å². The lowest BCUT2D eigenvalue weighted by Crippen LogP contribution is -2.19. The molecule has 0 saturated heterocycles. The fraction of sp³-hybridized carbons (Fsp3) is 0.167. The van der Waals surface area contributed by atoms with Gasteiger partial charge < -0.3 is 0 Å². The Labute approximate surface area is 187 Å². The Hall–Kier alpha value is -3.45. The number of carbonyl (C=O) groups excluding carboxylic acids is 2. The molecule has 0 saturated carbocycles. The van der Waals surface area contributed by atoms with Crippen LogP contribution in [0, 0.1) is 0 Å². The molecule has 0 unspecified atom stereocenters. The predicted octanol–water partition coefficient (Wildman–Crippen LogP) is 4.13. The molecule has 0 aliphatic carbocycles. The first-order chi connectivity index (χ1) is 15.2.